The van der Waals surface area contributed by atoms with Gasteiger partial charge in [0.1, 0.15) is 5.75 Å². The Morgan fingerprint density at radius 2 is 1.82 bits per heavy atom. The molecule has 3 aromatic rings. The van der Waals surface area contributed by atoms with Crippen LogP contribution < -0.4 is 14.4 Å². The predicted molar refractivity (Wildman–Crippen MR) is 130 cm³/mol. The second-order valence-corrected chi connectivity index (χ2v) is 10.1. The van der Waals surface area contributed by atoms with Crippen molar-refractivity contribution in [3.63, 3.8) is 0 Å². The van der Waals surface area contributed by atoms with Crippen LogP contribution in [-0.2, 0) is 21.4 Å². The second-order valence-electron chi connectivity index (χ2n) is 8.19. The van der Waals surface area contributed by atoms with E-state index in [1.165, 1.54) is 23.5 Å². The van der Waals surface area contributed by atoms with Crippen LogP contribution in [0, 0.1) is 24.2 Å². The topological polar surface area (TPSA) is 99.5 Å². The van der Waals surface area contributed by atoms with Crippen molar-refractivity contribution in [1.82, 2.24) is 0 Å². The molecule has 1 fully saturated rings. The number of benzene rings is 3. The molecule has 0 aromatic heterocycles. The molecule has 174 valence electrons. The molecule has 0 saturated heterocycles. The number of hydrogen-bond donors (Lipinski definition) is 1. The van der Waals surface area contributed by atoms with Gasteiger partial charge < -0.3 is 10.1 Å². The highest BCUT2D eigenvalue weighted by atomic mass is 32.2. The van der Waals surface area contributed by atoms with Crippen LogP contribution >= 0.6 is 0 Å². The van der Waals surface area contributed by atoms with E-state index in [0.717, 1.165) is 18.4 Å². The Labute approximate surface area is 199 Å². The Balaban J connectivity index is 1.80. The second kappa shape index (κ2) is 9.57. The van der Waals surface area contributed by atoms with Crippen molar-refractivity contribution in [1.29, 1.82) is 5.26 Å². The number of ether oxygens (including phenoxy) is 1. The Morgan fingerprint density at radius 3 is 2.53 bits per heavy atom. The molecule has 1 N–H and O–H groups in total. The zero-order chi connectivity index (χ0) is 24.3. The van der Waals surface area contributed by atoms with Crippen LogP contribution in [0.4, 0.5) is 11.4 Å². The molecular formula is C26H25N3O4S. The fraction of sp³-hybridized carbons (Fsp3) is 0.231. The summed E-state index contributed by atoms with van der Waals surface area (Å²) in [6, 6.07) is 20.5. The Kier molecular flexibility index (Phi) is 6.57. The summed E-state index contributed by atoms with van der Waals surface area (Å²) in [5, 5.41) is 12.4. The number of sulfonamides is 1. The van der Waals surface area contributed by atoms with Gasteiger partial charge in [-0.2, -0.15) is 5.26 Å². The molecule has 0 unspecified atom stereocenters. The van der Waals surface area contributed by atoms with Crippen molar-refractivity contribution < 1.29 is 17.9 Å². The lowest BCUT2D eigenvalue weighted by atomic mass is 10.1. The number of nitrogens with zero attached hydrogens (tertiary/aromatic N) is 2. The van der Waals surface area contributed by atoms with Crippen LogP contribution in [0.25, 0.3) is 0 Å². The Bertz CT molecular complexity index is 1370. The van der Waals surface area contributed by atoms with Crippen molar-refractivity contribution in [3.8, 4) is 11.8 Å². The first kappa shape index (κ1) is 23.3. The van der Waals surface area contributed by atoms with Gasteiger partial charge in [0, 0.05) is 11.6 Å². The average molecular weight is 476 g/mol. The van der Waals surface area contributed by atoms with E-state index in [9.17, 15) is 18.5 Å². The lowest BCUT2D eigenvalue weighted by Gasteiger charge is -2.27. The number of hydrogen-bond acceptors (Lipinski definition) is 5. The molecule has 34 heavy (non-hydrogen) atoms. The molecule has 0 radical (unpaired) electrons. The van der Waals surface area contributed by atoms with Gasteiger partial charge in [0.25, 0.3) is 10.0 Å². The SMILES string of the molecule is COc1ccccc1N(Cc1ccccc1C#N)S(=O)(=O)c1ccc(C)c(NC(=O)C2CC2)c1. The largest absolute Gasteiger partial charge is 0.495 e. The van der Waals surface area contributed by atoms with Gasteiger partial charge >= 0.3 is 0 Å². The van der Waals surface area contributed by atoms with Crippen LogP contribution in [0.2, 0.25) is 0 Å². The first-order valence-corrected chi connectivity index (χ1v) is 12.3. The highest BCUT2D eigenvalue weighted by Crippen LogP contribution is 2.35. The van der Waals surface area contributed by atoms with Gasteiger partial charge in [-0.15, -0.1) is 0 Å². The monoisotopic (exact) mass is 475 g/mol. The van der Waals surface area contributed by atoms with Gasteiger partial charge in [0.2, 0.25) is 5.91 Å². The predicted octanol–water partition coefficient (Wildman–Crippen LogP) is 4.62. The zero-order valence-electron chi connectivity index (χ0n) is 19.0. The number of anilines is 2. The maximum Gasteiger partial charge on any atom is 0.264 e. The van der Waals surface area contributed by atoms with Gasteiger partial charge in [-0.25, -0.2) is 8.42 Å². The molecule has 3 aromatic carbocycles. The van der Waals surface area contributed by atoms with Gasteiger partial charge in [0.05, 0.1) is 35.9 Å². The minimum absolute atomic E-state index is 0.00720. The molecule has 0 heterocycles. The maximum absolute atomic E-state index is 14.0. The fourth-order valence-electron chi connectivity index (χ4n) is 3.66. The molecule has 0 atom stereocenters. The highest BCUT2D eigenvalue weighted by molar-refractivity contribution is 7.92. The van der Waals surface area contributed by atoms with E-state index in [1.54, 1.807) is 54.6 Å². The molecule has 1 aliphatic rings. The lowest BCUT2D eigenvalue weighted by molar-refractivity contribution is -0.117. The molecular weight excluding hydrogens is 450 g/mol. The average Bonchev–Trinajstić information content (AvgIpc) is 3.69. The molecule has 0 bridgehead atoms. The van der Waals surface area contributed by atoms with Gasteiger partial charge in [-0.1, -0.05) is 36.4 Å². The third-order valence-corrected chi connectivity index (χ3v) is 7.56. The van der Waals surface area contributed by atoms with Crippen LogP contribution in [0.1, 0.15) is 29.5 Å². The van der Waals surface area contributed by atoms with E-state index < -0.39 is 10.0 Å². The summed E-state index contributed by atoms with van der Waals surface area (Å²) in [4.78, 5) is 12.4. The van der Waals surface area contributed by atoms with Gasteiger partial charge in [0.15, 0.2) is 0 Å². The molecule has 4 rings (SSSR count). The van der Waals surface area contributed by atoms with Crippen LogP contribution in [0.5, 0.6) is 5.75 Å². The van der Waals surface area contributed by atoms with Crippen LogP contribution in [0.15, 0.2) is 71.6 Å². The summed E-state index contributed by atoms with van der Waals surface area (Å²) in [5.74, 6) is 0.282. The Hall–Kier alpha value is -3.83. The summed E-state index contributed by atoms with van der Waals surface area (Å²) in [5.41, 5.74) is 2.54. The van der Waals surface area contributed by atoms with E-state index in [-0.39, 0.29) is 23.3 Å². The number of nitrogens with one attached hydrogen (secondary N) is 1. The maximum atomic E-state index is 14.0. The molecule has 7 nitrogen and oxygen atoms in total. The number of para-hydroxylation sites is 2. The zero-order valence-corrected chi connectivity index (χ0v) is 19.8. The van der Waals surface area contributed by atoms with Gasteiger partial charge in [-0.05, 0) is 61.2 Å². The molecule has 1 saturated carbocycles. The van der Waals surface area contributed by atoms with Crippen molar-refractivity contribution in [3.05, 3.63) is 83.4 Å². The summed E-state index contributed by atoms with van der Waals surface area (Å²) >= 11 is 0. The smallest absolute Gasteiger partial charge is 0.264 e. The number of nitriles is 1. The number of amides is 1. The summed E-state index contributed by atoms with van der Waals surface area (Å²) in [7, 11) is -2.62. The Morgan fingerprint density at radius 1 is 1.12 bits per heavy atom. The number of rotatable bonds is 8. The summed E-state index contributed by atoms with van der Waals surface area (Å²) in [6.45, 7) is 1.75. The van der Waals surface area contributed by atoms with Crippen molar-refractivity contribution >= 4 is 27.3 Å². The minimum atomic E-state index is -4.10. The van der Waals surface area contributed by atoms with Crippen LogP contribution in [-0.4, -0.2) is 21.4 Å². The standard InChI is InChI=1S/C26H25N3O4S/c1-18-11-14-22(15-23(18)28-26(30)19-12-13-19)34(31,32)29(24-9-5-6-10-25(24)33-2)17-21-8-4-3-7-20(21)16-27/h3-11,14-15,19H,12-13,17H2,1-2H3,(H,28,30). The third-order valence-electron chi connectivity index (χ3n) is 5.81. The summed E-state index contributed by atoms with van der Waals surface area (Å²) in [6.07, 6.45) is 1.70. The van der Waals surface area contributed by atoms with E-state index in [1.807, 2.05) is 6.92 Å². The first-order valence-electron chi connectivity index (χ1n) is 10.9. The number of methoxy groups -OCH3 is 1. The molecule has 1 amide bonds. The normalized spacial score (nSPS) is 13.1. The number of aryl methyl sites for hydroxylation is 1. The molecule has 0 spiro atoms. The van der Waals surface area contributed by atoms with E-state index in [0.29, 0.717) is 28.3 Å². The lowest BCUT2D eigenvalue weighted by Crippen LogP contribution is -2.31. The van der Waals surface area contributed by atoms with Crippen LogP contribution in [0.3, 0.4) is 0 Å². The van der Waals surface area contributed by atoms with Gasteiger partial charge in [-0.3, -0.25) is 9.10 Å². The van der Waals surface area contributed by atoms with E-state index in [4.69, 9.17) is 4.74 Å². The fourth-order valence-corrected chi connectivity index (χ4v) is 5.14. The molecule has 1 aliphatic carbocycles. The first-order chi connectivity index (χ1) is 16.3. The number of carbonyl (C=O) groups is 1. The van der Waals surface area contributed by atoms with Crippen molar-refractivity contribution in [2.75, 3.05) is 16.7 Å². The van der Waals surface area contributed by atoms with Crippen molar-refractivity contribution in [2.24, 2.45) is 5.92 Å². The quantitative estimate of drug-likeness (QED) is 0.513. The molecule has 8 heteroatoms. The highest BCUT2D eigenvalue weighted by Gasteiger charge is 2.31. The van der Waals surface area contributed by atoms with Crippen molar-refractivity contribution in [2.45, 2.75) is 31.2 Å². The van der Waals surface area contributed by atoms with E-state index in [2.05, 4.69) is 11.4 Å². The summed E-state index contributed by atoms with van der Waals surface area (Å²) < 4.78 is 34.6. The number of carbonyl (C=O) groups excluding carboxylic acids is 1. The minimum Gasteiger partial charge on any atom is -0.495 e. The third kappa shape index (κ3) is 4.75. The van der Waals surface area contributed by atoms with E-state index >= 15 is 0 Å². The molecule has 0 aliphatic heterocycles.